The number of ether oxygens (including phenoxy) is 1. The molecule has 0 aliphatic carbocycles. The van der Waals surface area contributed by atoms with Crippen molar-refractivity contribution in [1.29, 1.82) is 0 Å². The fourth-order valence-corrected chi connectivity index (χ4v) is 2.00. The highest BCUT2D eigenvalue weighted by Gasteiger charge is 2.06. The SMILES string of the molecule is CCc1ccc(N(CC)CCOC)cc1Cl. The Labute approximate surface area is 103 Å². The summed E-state index contributed by atoms with van der Waals surface area (Å²) >= 11 is 6.21. The molecule has 0 bridgehead atoms. The van der Waals surface area contributed by atoms with Crippen molar-refractivity contribution >= 4 is 17.3 Å². The van der Waals surface area contributed by atoms with Crippen LogP contribution in [0.15, 0.2) is 18.2 Å². The van der Waals surface area contributed by atoms with Crippen LogP contribution in [0, 0.1) is 0 Å². The number of methoxy groups -OCH3 is 1. The molecule has 3 heteroatoms. The summed E-state index contributed by atoms with van der Waals surface area (Å²) in [7, 11) is 1.72. The number of benzene rings is 1. The summed E-state index contributed by atoms with van der Waals surface area (Å²) in [6.45, 7) is 6.85. The summed E-state index contributed by atoms with van der Waals surface area (Å²) < 4.78 is 5.10. The lowest BCUT2D eigenvalue weighted by atomic mass is 10.1. The maximum Gasteiger partial charge on any atom is 0.0637 e. The summed E-state index contributed by atoms with van der Waals surface area (Å²) in [5.41, 5.74) is 2.37. The summed E-state index contributed by atoms with van der Waals surface area (Å²) in [6.07, 6.45) is 0.976. The largest absolute Gasteiger partial charge is 0.383 e. The van der Waals surface area contributed by atoms with Crippen LogP contribution in [0.25, 0.3) is 0 Å². The smallest absolute Gasteiger partial charge is 0.0637 e. The van der Waals surface area contributed by atoms with E-state index >= 15 is 0 Å². The highest BCUT2D eigenvalue weighted by atomic mass is 35.5. The maximum atomic E-state index is 6.21. The Morgan fingerprint density at radius 2 is 2.06 bits per heavy atom. The first-order chi connectivity index (χ1) is 7.72. The normalized spacial score (nSPS) is 10.5. The van der Waals surface area contributed by atoms with Crippen molar-refractivity contribution in [3.05, 3.63) is 28.8 Å². The molecule has 0 heterocycles. The number of halogens is 1. The first-order valence-corrected chi connectivity index (χ1v) is 6.13. The lowest BCUT2D eigenvalue weighted by molar-refractivity contribution is 0.205. The predicted molar refractivity (Wildman–Crippen MR) is 70.6 cm³/mol. The van der Waals surface area contributed by atoms with E-state index in [2.05, 4.69) is 30.9 Å². The van der Waals surface area contributed by atoms with Gasteiger partial charge in [-0.15, -0.1) is 0 Å². The Kier molecular flexibility index (Phi) is 5.64. The van der Waals surface area contributed by atoms with Gasteiger partial charge in [-0.1, -0.05) is 24.6 Å². The fraction of sp³-hybridized carbons (Fsp3) is 0.538. The lowest BCUT2D eigenvalue weighted by Crippen LogP contribution is -2.26. The van der Waals surface area contributed by atoms with E-state index in [0.717, 1.165) is 31.1 Å². The van der Waals surface area contributed by atoms with Crippen LogP contribution in [0.1, 0.15) is 19.4 Å². The minimum atomic E-state index is 0.737. The van der Waals surface area contributed by atoms with Crippen LogP contribution < -0.4 is 4.90 Å². The Hall–Kier alpha value is -0.730. The van der Waals surface area contributed by atoms with Crippen molar-refractivity contribution in [3.63, 3.8) is 0 Å². The van der Waals surface area contributed by atoms with Gasteiger partial charge in [-0.25, -0.2) is 0 Å². The third-order valence-corrected chi connectivity index (χ3v) is 3.08. The molecule has 16 heavy (non-hydrogen) atoms. The molecule has 0 aliphatic rings. The van der Waals surface area contributed by atoms with Crippen molar-refractivity contribution in [2.24, 2.45) is 0 Å². The number of hydrogen-bond donors (Lipinski definition) is 0. The van der Waals surface area contributed by atoms with Gasteiger partial charge < -0.3 is 9.64 Å². The Morgan fingerprint density at radius 1 is 1.31 bits per heavy atom. The van der Waals surface area contributed by atoms with Crippen molar-refractivity contribution in [3.8, 4) is 0 Å². The molecule has 0 radical (unpaired) electrons. The van der Waals surface area contributed by atoms with E-state index in [1.165, 1.54) is 11.3 Å². The summed E-state index contributed by atoms with van der Waals surface area (Å²) in [6, 6.07) is 6.27. The van der Waals surface area contributed by atoms with Gasteiger partial charge in [0, 0.05) is 30.9 Å². The van der Waals surface area contributed by atoms with E-state index in [1.807, 2.05) is 6.07 Å². The summed E-state index contributed by atoms with van der Waals surface area (Å²) in [4.78, 5) is 2.26. The van der Waals surface area contributed by atoms with Gasteiger partial charge in [0.25, 0.3) is 0 Å². The van der Waals surface area contributed by atoms with Crippen LogP contribution >= 0.6 is 11.6 Å². The third-order valence-electron chi connectivity index (χ3n) is 2.73. The second-order valence-electron chi connectivity index (χ2n) is 3.70. The molecule has 1 rings (SSSR count). The number of nitrogens with zero attached hydrogens (tertiary/aromatic N) is 1. The topological polar surface area (TPSA) is 12.5 Å². The second-order valence-corrected chi connectivity index (χ2v) is 4.11. The molecule has 0 aromatic heterocycles. The molecule has 0 aliphatic heterocycles. The molecule has 90 valence electrons. The first kappa shape index (κ1) is 13.3. The van der Waals surface area contributed by atoms with Gasteiger partial charge in [-0.3, -0.25) is 0 Å². The number of hydrogen-bond acceptors (Lipinski definition) is 2. The Balaban J connectivity index is 2.80. The molecule has 0 saturated heterocycles. The molecule has 0 fully saturated rings. The van der Waals surface area contributed by atoms with Crippen LogP contribution in [0.3, 0.4) is 0 Å². The van der Waals surface area contributed by atoms with Gasteiger partial charge in [0.15, 0.2) is 0 Å². The predicted octanol–water partition coefficient (Wildman–Crippen LogP) is 3.38. The minimum absolute atomic E-state index is 0.737. The van der Waals surface area contributed by atoms with Crippen LogP contribution in [0.2, 0.25) is 5.02 Å². The number of likely N-dealkylation sites (N-methyl/N-ethyl adjacent to an activating group) is 1. The molecule has 0 unspecified atom stereocenters. The van der Waals surface area contributed by atoms with Gasteiger partial charge in [0.2, 0.25) is 0 Å². The zero-order valence-corrected chi connectivity index (χ0v) is 11.0. The Bertz CT molecular complexity index is 328. The summed E-state index contributed by atoms with van der Waals surface area (Å²) in [5.74, 6) is 0. The molecule has 0 atom stereocenters. The van der Waals surface area contributed by atoms with E-state index in [4.69, 9.17) is 16.3 Å². The molecule has 0 saturated carbocycles. The van der Waals surface area contributed by atoms with Crippen molar-refractivity contribution in [2.45, 2.75) is 20.3 Å². The van der Waals surface area contributed by atoms with Crippen molar-refractivity contribution in [2.75, 3.05) is 31.7 Å². The van der Waals surface area contributed by atoms with E-state index in [9.17, 15) is 0 Å². The third kappa shape index (κ3) is 3.39. The molecular formula is C13H20ClNO. The Morgan fingerprint density at radius 3 is 2.56 bits per heavy atom. The first-order valence-electron chi connectivity index (χ1n) is 5.75. The number of aryl methyl sites for hydroxylation is 1. The second kappa shape index (κ2) is 6.77. The van der Waals surface area contributed by atoms with Crippen LogP contribution in [0.5, 0.6) is 0 Å². The molecule has 1 aromatic rings. The standard InChI is InChI=1S/C13H20ClNO/c1-4-11-6-7-12(10-13(11)14)15(5-2)8-9-16-3/h6-7,10H,4-5,8-9H2,1-3H3. The average molecular weight is 242 g/mol. The van der Waals surface area contributed by atoms with Gasteiger partial charge in [0.1, 0.15) is 0 Å². The zero-order valence-electron chi connectivity index (χ0n) is 10.3. The fourth-order valence-electron chi connectivity index (χ4n) is 1.69. The highest BCUT2D eigenvalue weighted by molar-refractivity contribution is 6.31. The molecule has 0 N–H and O–H groups in total. The molecule has 1 aromatic carbocycles. The van der Waals surface area contributed by atoms with Crippen LogP contribution in [0.4, 0.5) is 5.69 Å². The summed E-state index contributed by atoms with van der Waals surface area (Å²) in [5, 5.41) is 0.857. The van der Waals surface area contributed by atoms with E-state index < -0.39 is 0 Å². The number of anilines is 1. The zero-order chi connectivity index (χ0) is 12.0. The van der Waals surface area contributed by atoms with Gasteiger partial charge >= 0.3 is 0 Å². The molecule has 2 nitrogen and oxygen atoms in total. The quantitative estimate of drug-likeness (QED) is 0.757. The monoisotopic (exact) mass is 241 g/mol. The average Bonchev–Trinajstić information content (AvgIpc) is 2.30. The van der Waals surface area contributed by atoms with Gasteiger partial charge in [0.05, 0.1) is 6.61 Å². The van der Waals surface area contributed by atoms with Crippen LogP contribution in [-0.2, 0) is 11.2 Å². The molecular weight excluding hydrogens is 222 g/mol. The van der Waals surface area contributed by atoms with Crippen molar-refractivity contribution in [1.82, 2.24) is 0 Å². The van der Waals surface area contributed by atoms with E-state index in [0.29, 0.717) is 0 Å². The minimum Gasteiger partial charge on any atom is -0.383 e. The molecule has 0 amide bonds. The maximum absolute atomic E-state index is 6.21. The van der Waals surface area contributed by atoms with Crippen molar-refractivity contribution < 1.29 is 4.74 Å². The van der Waals surface area contributed by atoms with Crippen LogP contribution in [-0.4, -0.2) is 26.8 Å². The van der Waals surface area contributed by atoms with Gasteiger partial charge in [-0.2, -0.15) is 0 Å². The molecule has 0 spiro atoms. The number of rotatable bonds is 6. The van der Waals surface area contributed by atoms with Gasteiger partial charge in [-0.05, 0) is 31.0 Å². The lowest BCUT2D eigenvalue weighted by Gasteiger charge is -2.23. The van der Waals surface area contributed by atoms with E-state index in [1.54, 1.807) is 7.11 Å². The highest BCUT2D eigenvalue weighted by Crippen LogP contribution is 2.23. The van der Waals surface area contributed by atoms with E-state index in [-0.39, 0.29) is 0 Å².